The summed E-state index contributed by atoms with van der Waals surface area (Å²) in [5.74, 6) is 1.77. The van der Waals surface area contributed by atoms with E-state index in [2.05, 4.69) is 60.7 Å². The van der Waals surface area contributed by atoms with Crippen LogP contribution >= 0.6 is 0 Å². The molecular formula is C25H40N4O3. The SMILES string of the molecule is CCCCOCCOCCNC(=NCc1ccccc1CN(C)Cc1ccco1)NCC. The molecule has 0 bridgehead atoms. The quantitative estimate of drug-likeness (QED) is 0.233. The van der Waals surface area contributed by atoms with Crippen molar-refractivity contribution in [2.24, 2.45) is 4.99 Å². The lowest BCUT2D eigenvalue weighted by Gasteiger charge is -2.18. The number of nitrogens with zero attached hydrogens (tertiary/aromatic N) is 2. The Labute approximate surface area is 193 Å². The minimum absolute atomic E-state index is 0.617. The summed E-state index contributed by atoms with van der Waals surface area (Å²) in [5.41, 5.74) is 2.49. The fraction of sp³-hybridized carbons (Fsp3) is 0.560. The molecule has 2 N–H and O–H groups in total. The van der Waals surface area contributed by atoms with E-state index >= 15 is 0 Å². The van der Waals surface area contributed by atoms with E-state index in [4.69, 9.17) is 18.9 Å². The van der Waals surface area contributed by atoms with Crippen molar-refractivity contribution in [3.05, 3.63) is 59.5 Å². The molecule has 7 heteroatoms. The molecule has 2 aromatic rings. The summed E-state index contributed by atoms with van der Waals surface area (Å²) in [4.78, 5) is 7.02. The largest absolute Gasteiger partial charge is 0.468 e. The second-order valence-corrected chi connectivity index (χ2v) is 7.72. The molecule has 0 unspecified atom stereocenters. The monoisotopic (exact) mass is 444 g/mol. The van der Waals surface area contributed by atoms with E-state index in [1.807, 2.05) is 12.1 Å². The standard InChI is InChI=1S/C25H40N4O3/c1-4-6-14-30-17-18-31-16-13-27-25(26-5-2)28-19-22-10-7-8-11-23(22)20-29(3)21-24-12-9-15-32-24/h7-12,15H,4-6,13-14,16-21H2,1-3H3,(H2,26,27,28). The number of guanidine groups is 1. The van der Waals surface area contributed by atoms with E-state index in [0.717, 1.165) is 50.8 Å². The first-order valence-electron chi connectivity index (χ1n) is 11.7. The first kappa shape index (κ1) is 25.9. The zero-order valence-corrected chi connectivity index (χ0v) is 19.9. The number of hydrogen-bond donors (Lipinski definition) is 2. The Balaban J connectivity index is 1.78. The molecule has 0 fully saturated rings. The molecule has 32 heavy (non-hydrogen) atoms. The maximum atomic E-state index is 5.63. The molecule has 0 spiro atoms. The van der Waals surface area contributed by atoms with Crippen LogP contribution < -0.4 is 10.6 Å². The van der Waals surface area contributed by atoms with Crippen molar-refractivity contribution >= 4 is 5.96 Å². The van der Waals surface area contributed by atoms with Crippen LogP contribution in [0.1, 0.15) is 43.6 Å². The van der Waals surface area contributed by atoms with Gasteiger partial charge in [-0.1, -0.05) is 37.6 Å². The average molecular weight is 445 g/mol. The third-order valence-electron chi connectivity index (χ3n) is 4.87. The van der Waals surface area contributed by atoms with Crippen molar-refractivity contribution in [2.45, 2.75) is 46.3 Å². The summed E-state index contributed by atoms with van der Waals surface area (Å²) < 4.78 is 16.6. The zero-order valence-electron chi connectivity index (χ0n) is 19.9. The normalized spacial score (nSPS) is 11.8. The van der Waals surface area contributed by atoms with E-state index in [-0.39, 0.29) is 0 Å². The van der Waals surface area contributed by atoms with Crippen molar-refractivity contribution in [3.8, 4) is 0 Å². The number of ether oxygens (including phenoxy) is 2. The van der Waals surface area contributed by atoms with Crippen LogP contribution in [0.2, 0.25) is 0 Å². The molecule has 0 aliphatic carbocycles. The topological polar surface area (TPSA) is 71.3 Å². The van der Waals surface area contributed by atoms with E-state index in [9.17, 15) is 0 Å². The van der Waals surface area contributed by atoms with Gasteiger partial charge in [0.15, 0.2) is 5.96 Å². The Hall–Kier alpha value is -2.35. The smallest absolute Gasteiger partial charge is 0.191 e. The Morgan fingerprint density at radius 1 is 0.938 bits per heavy atom. The lowest BCUT2D eigenvalue weighted by molar-refractivity contribution is 0.0487. The molecule has 0 atom stereocenters. The molecular weight excluding hydrogens is 404 g/mol. The summed E-state index contributed by atoms with van der Waals surface area (Å²) in [6, 6.07) is 12.4. The molecule has 178 valence electrons. The van der Waals surface area contributed by atoms with Crippen LogP contribution in [-0.4, -0.2) is 57.4 Å². The van der Waals surface area contributed by atoms with Gasteiger partial charge in [0.05, 0.1) is 39.2 Å². The number of benzene rings is 1. The van der Waals surface area contributed by atoms with Gasteiger partial charge in [-0.15, -0.1) is 0 Å². The summed E-state index contributed by atoms with van der Waals surface area (Å²) in [6.45, 7) is 10.7. The molecule has 7 nitrogen and oxygen atoms in total. The first-order chi connectivity index (χ1) is 15.7. The number of aliphatic imine (C=N–C) groups is 1. The van der Waals surface area contributed by atoms with E-state index in [1.54, 1.807) is 6.26 Å². The van der Waals surface area contributed by atoms with Crippen LogP contribution in [0.4, 0.5) is 0 Å². The zero-order chi connectivity index (χ0) is 22.9. The minimum Gasteiger partial charge on any atom is -0.468 e. The lowest BCUT2D eigenvalue weighted by Crippen LogP contribution is -2.39. The second-order valence-electron chi connectivity index (χ2n) is 7.72. The van der Waals surface area contributed by atoms with Crippen LogP contribution in [-0.2, 0) is 29.1 Å². The van der Waals surface area contributed by atoms with Crippen molar-refractivity contribution in [2.75, 3.05) is 46.6 Å². The van der Waals surface area contributed by atoms with Gasteiger partial charge < -0.3 is 24.5 Å². The highest BCUT2D eigenvalue weighted by atomic mass is 16.5. The van der Waals surface area contributed by atoms with Gasteiger partial charge in [-0.2, -0.15) is 0 Å². The highest BCUT2D eigenvalue weighted by Crippen LogP contribution is 2.14. The summed E-state index contributed by atoms with van der Waals surface area (Å²) in [6.07, 6.45) is 3.98. The predicted octanol–water partition coefficient (Wildman–Crippen LogP) is 3.80. The molecule has 0 saturated carbocycles. The van der Waals surface area contributed by atoms with Gasteiger partial charge in [0, 0.05) is 26.2 Å². The number of hydrogen-bond acceptors (Lipinski definition) is 5. The highest BCUT2D eigenvalue weighted by molar-refractivity contribution is 5.79. The minimum atomic E-state index is 0.617. The highest BCUT2D eigenvalue weighted by Gasteiger charge is 2.08. The number of nitrogens with one attached hydrogen (secondary N) is 2. The Morgan fingerprint density at radius 3 is 2.44 bits per heavy atom. The van der Waals surface area contributed by atoms with E-state index < -0.39 is 0 Å². The molecule has 0 saturated heterocycles. The average Bonchev–Trinajstić information content (AvgIpc) is 3.30. The van der Waals surface area contributed by atoms with Gasteiger partial charge in [0.2, 0.25) is 0 Å². The molecule has 1 heterocycles. The summed E-state index contributed by atoms with van der Waals surface area (Å²) >= 11 is 0. The maximum absolute atomic E-state index is 5.63. The Bertz CT molecular complexity index is 749. The molecule has 0 aliphatic rings. The van der Waals surface area contributed by atoms with Gasteiger partial charge in [-0.05, 0) is 43.7 Å². The van der Waals surface area contributed by atoms with Crippen molar-refractivity contribution in [1.29, 1.82) is 0 Å². The first-order valence-corrected chi connectivity index (χ1v) is 11.7. The third-order valence-corrected chi connectivity index (χ3v) is 4.87. The number of rotatable bonds is 16. The molecule has 1 aromatic carbocycles. The van der Waals surface area contributed by atoms with Crippen LogP contribution in [0.5, 0.6) is 0 Å². The van der Waals surface area contributed by atoms with Crippen molar-refractivity contribution < 1.29 is 13.9 Å². The predicted molar refractivity (Wildman–Crippen MR) is 130 cm³/mol. The van der Waals surface area contributed by atoms with Gasteiger partial charge in [-0.3, -0.25) is 4.90 Å². The van der Waals surface area contributed by atoms with Crippen LogP contribution in [0.3, 0.4) is 0 Å². The van der Waals surface area contributed by atoms with Gasteiger partial charge in [0.1, 0.15) is 5.76 Å². The molecule has 0 radical (unpaired) electrons. The number of unbranched alkanes of at least 4 members (excludes halogenated alkanes) is 1. The van der Waals surface area contributed by atoms with Crippen molar-refractivity contribution in [3.63, 3.8) is 0 Å². The maximum Gasteiger partial charge on any atom is 0.191 e. The van der Waals surface area contributed by atoms with Gasteiger partial charge in [0.25, 0.3) is 0 Å². The van der Waals surface area contributed by atoms with Crippen molar-refractivity contribution in [1.82, 2.24) is 15.5 Å². The van der Waals surface area contributed by atoms with Crippen LogP contribution in [0.25, 0.3) is 0 Å². The van der Waals surface area contributed by atoms with Crippen LogP contribution in [0.15, 0.2) is 52.1 Å². The number of furan rings is 1. The summed E-state index contributed by atoms with van der Waals surface area (Å²) in [7, 11) is 2.10. The molecule has 0 aliphatic heterocycles. The van der Waals surface area contributed by atoms with E-state index in [0.29, 0.717) is 32.9 Å². The molecule has 1 aromatic heterocycles. The lowest BCUT2D eigenvalue weighted by atomic mass is 10.1. The second kappa shape index (κ2) is 16.3. The fourth-order valence-corrected chi connectivity index (χ4v) is 3.20. The van der Waals surface area contributed by atoms with Gasteiger partial charge in [-0.25, -0.2) is 4.99 Å². The Morgan fingerprint density at radius 2 is 1.72 bits per heavy atom. The van der Waals surface area contributed by atoms with E-state index in [1.165, 1.54) is 11.1 Å². The third kappa shape index (κ3) is 10.8. The van der Waals surface area contributed by atoms with Gasteiger partial charge >= 0.3 is 0 Å². The van der Waals surface area contributed by atoms with Crippen LogP contribution in [0, 0.1) is 0 Å². The molecule has 0 amide bonds. The summed E-state index contributed by atoms with van der Waals surface area (Å²) in [5, 5.41) is 6.65. The Kier molecular flexibility index (Phi) is 13.2. The fourth-order valence-electron chi connectivity index (χ4n) is 3.20. The molecule has 2 rings (SSSR count).